The molecule has 6 heavy (non-hydrogen) atoms. The van der Waals surface area contributed by atoms with Crippen LogP contribution in [-0.2, 0) is 0 Å². The minimum atomic E-state index is 0.00463. The van der Waals surface area contributed by atoms with Crippen molar-refractivity contribution in [3.63, 3.8) is 0 Å². The fourth-order valence-corrected chi connectivity index (χ4v) is 0.410. The van der Waals surface area contributed by atoms with Crippen LogP contribution in [-0.4, -0.2) is 12.7 Å². The van der Waals surface area contributed by atoms with E-state index in [2.05, 4.69) is 10.2 Å². The summed E-state index contributed by atoms with van der Waals surface area (Å²) < 4.78 is 0. The van der Waals surface area contributed by atoms with Gasteiger partial charge in [-0.1, -0.05) is 0 Å². The molecule has 3 heteroatoms. The largest absolute Gasteiger partial charge is 0.308 e. The van der Waals surface area contributed by atoms with Crippen molar-refractivity contribution in [1.29, 1.82) is 0 Å². The van der Waals surface area contributed by atoms with Crippen molar-refractivity contribution in [3.05, 3.63) is 0 Å². The molecule has 0 bridgehead atoms. The van der Waals surface area contributed by atoms with Gasteiger partial charge < -0.3 is 5.73 Å². The molecular formula is C3H7N3. The number of hydrogen-bond acceptors (Lipinski definition) is 3. The van der Waals surface area contributed by atoms with Crippen LogP contribution in [0.25, 0.3) is 0 Å². The van der Waals surface area contributed by atoms with Crippen LogP contribution in [0.15, 0.2) is 10.2 Å². The maximum absolute atomic E-state index is 5.27. The van der Waals surface area contributed by atoms with Crippen LogP contribution in [0.3, 0.4) is 0 Å². The van der Waals surface area contributed by atoms with Crippen molar-refractivity contribution >= 4 is 0 Å². The smallest absolute Gasteiger partial charge is 0.120 e. The Labute approximate surface area is 36.2 Å². The lowest BCUT2D eigenvalue weighted by molar-refractivity contribution is 0.721. The minimum Gasteiger partial charge on any atom is -0.308 e. The third-order valence-corrected chi connectivity index (χ3v) is 0.755. The van der Waals surface area contributed by atoms with Gasteiger partial charge in [0.1, 0.15) is 6.17 Å². The third-order valence-electron chi connectivity index (χ3n) is 0.755. The van der Waals surface area contributed by atoms with Crippen molar-refractivity contribution in [2.45, 2.75) is 12.6 Å². The summed E-state index contributed by atoms with van der Waals surface area (Å²) >= 11 is 0. The van der Waals surface area contributed by atoms with Crippen LogP contribution in [0.5, 0.6) is 0 Å². The van der Waals surface area contributed by atoms with Crippen molar-refractivity contribution in [3.8, 4) is 0 Å². The summed E-state index contributed by atoms with van der Waals surface area (Å²) in [5.41, 5.74) is 5.27. The van der Waals surface area contributed by atoms with E-state index in [0.29, 0.717) is 0 Å². The Bertz CT molecular complexity index is 68.4. The fourth-order valence-electron chi connectivity index (χ4n) is 0.410. The molecule has 0 aliphatic carbocycles. The van der Waals surface area contributed by atoms with Crippen LogP contribution < -0.4 is 5.73 Å². The Kier molecular flexibility index (Phi) is 0.837. The summed E-state index contributed by atoms with van der Waals surface area (Å²) in [5.74, 6) is 0. The van der Waals surface area contributed by atoms with Crippen LogP contribution in [0.1, 0.15) is 6.42 Å². The molecule has 0 fully saturated rings. The molecule has 2 N–H and O–H groups in total. The molecule has 0 aromatic heterocycles. The van der Waals surface area contributed by atoms with Gasteiger partial charge in [-0.05, 0) is 0 Å². The third kappa shape index (κ3) is 0.542. The highest BCUT2D eigenvalue weighted by atomic mass is 15.2. The Morgan fingerprint density at radius 1 is 1.67 bits per heavy atom. The van der Waals surface area contributed by atoms with E-state index in [1.807, 2.05) is 0 Å². The van der Waals surface area contributed by atoms with Gasteiger partial charge >= 0.3 is 0 Å². The van der Waals surface area contributed by atoms with Crippen LogP contribution >= 0.6 is 0 Å². The molecule has 1 heterocycles. The van der Waals surface area contributed by atoms with Crippen molar-refractivity contribution in [2.24, 2.45) is 16.0 Å². The van der Waals surface area contributed by atoms with Gasteiger partial charge in [-0.2, -0.15) is 10.2 Å². The van der Waals surface area contributed by atoms with Crippen molar-refractivity contribution in [1.82, 2.24) is 0 Å². The molecule has 0 saturated heterocycles. The van der Waals surface area contributed by atoms with Gasteiger partial charge in [0, 0.05) is 6.42 Å². The number of nitrogens with two attached hydrogens (primary N) is 1. The monoisotopic (exact) mass is 85.1 g/mol. The van der Waals surface area contributed by atoms with Gasteiger partial charge in [0.2, 0.25) is 0 Å². The maximum atomic E-state index is 5.27. The molecular weight excluding hydrogens is 78.1 g/mol. The van der Waals surface area contributed by atoms with E-state index >= 15 is 0 Å². The predicted octanol–water partition coefficient (Wildman–Crippen LogP) is 0.127. The minimum absolute atomic E-state index is 0.00463. The Morgan fingerprint density at radius 3 is 2.67 bits per heavy atom. The first-order valence-electron chi connectivity index (χ1n) is 2.02. The molecule has 0 saturated carbocycles. The molecule has 0 amide bonds. The van der Waals surface area contributed by atoms with E-state index in [9.17, 15) is 0 Å². The molecule has 0 aromatic carbocycles. The number of nitrogens with zero attached hydrogens (tertiary/aromatic N) is 2. The van der Waals surface area contributed by atoms with Gasteiger partial charge in [0.15, 0.2) is 0 Å². The topological polar surface area (TPSA) is 50.7 Å². The maximum Gasteiger partial charge on any atom is 0.120 e. The summed E-state index contributed by atoms with van der Waals surface area (Å²) in [4.78, 5) is 0. The van der Waals surface area contributed by atoms with Crippen molar-refractivity contribution in [2.75, 3.05) is 6.54 Å². The van der Waals surface area contributed by atoms with Gasteiger partial charge in [-0.3, -0.25) is 0 Å². The van der Waals surface area contributed by atoms with E-state index in [1.165, 1.54) is 0 Å². The summed E-state index contributed by atoms with van der Waals surface area (Å²) in [6.45, 7) is 0.821. The molecule has 1 rings (SSSR count). The molecule has 1 aliphatic rings. The van der Waals surface area contributed by atoms with Gasteiger partial charge in [-0.15, -0.1) is 0 Å². The predicted molar refractivity (Wildman–Crippen MR) is 22.3 cm³/mol. The van der Waals surface area contributed by atoms with E-state index in [-0.39, 0.29) is 6.17 Å². The first-order valence-corrected chi connectivity index (χ1v) is 2.02. The number of rotatable bonds is 0. The molecule has 3 nitrogen and oxygen atoms in total. The summed E-state index contributed by atoms with van der Waals surface area (Å²) in [6, 6.07) is 0. The second-order valence-electron chi connectivity index (χ2n) is 1.34. The lowest BCUT2D eigenvalue weighted by atomic mass is 10.4. The quantitative estimate of drug-likeness (QED) is 0.446. The highest BCUT2D eigenvalue weighted by molar-refractivity contribution is 4.61. The molecule has 34 valence electrons. The van der Waals surface area contributed by atoms with E-state index < -0.39 is 0 Å². The van der Waals surface area contributed by atoms with E-state index in [0.717, 1.165) is 13.0 Å². The van der Waals surface area contributed by atoms with E-state index in [1.54, 1.807) is 0 Å². The second kappa shape index (κ2) is 1.34. The highest BCUT2D eigenvalue weighted by Crippen LogP contribution is 1.99. The first-order chi connectivity index (χ1) is 2.89. The average molecular weight is 85.1 g/mol. The molecule has 0 radical (unpaired) electrons. The average Bonchev–Trinajstić information content (AvgIpc) is 1.86. The zero-order valence-corrected chi connectivity index (χ0v) is 3.46. The SMILES string of the molecule is NC1CCN=N1. The van der Waals surface area contributed by atoms with Gasteiger partial charge in [0.25, 0.3) is 0 Å². The number of azo groups is 1. The Hall–Kier alpha value is -0.440. The molecule has 1 unspecified atom stereocenters. The van der Waals surface area contributed by atoms with Crippen LogP contribution in [0, 0.1) is 0 Å². The zero-order valence-electron chi connectivity index (χ0n) is 3.46. The lowest BCUT2D eigenvalue weighted by Gasteiger charge is -1.86. The second-order valence-corrected chi connectivity index (χ2v) is 1.34. The lowest BCUT2D eigenvalue weighted by Crippen LogP contribution is -2.12. The first kappa shape index (κ1) is 3.74. The Morgan fingerprint density at radius 2 is 2.50 bits per heavy atom. The molecule has 1 atom stereocenters. The van der Waals surface area contributed by atoms with Crippen molar-refractivity contribution < 1.29 is 0 Å². The van der Waals surface area contributed by atoms with Gasteiger partial charge in [-0.25, -0.2) is 0 Å². The molecule has 0 aromatic rings. The standard InChI is InChI=1S/C3H7N3/c4-3-1-2-5-6-3/h3H,1-2,4H2. The summed E-state index contributed by atoms with van der Waals surface area (Å²) in [7, 11) is 0. The molecule has 1 aliphatic heterocycles. The summed E-state index contributed by atoms with van der Waals surface area (Å²) in [6.07, 6.45) is 0.935. The highest BCUT2D eigenvalue weighted by Gasteiger charge is 2.02. The molecule has 0 spiro atoms. The van der Waals surface area contributed by atoms with Crippen LogP contribution in [0.2, 0.25) is 0 Å². The fraction of sp³-hybridized carbons (Fsp3) is 1.00. The normalized spacial score (nSPS) is 31.8. The summed E-state index contributed by atoms with van der Waals surface area (Å²) in [5, 5.41) is 7.30. The van der Waals surface area contributed by atoms with Gasteiger partial charge in [0.05, 0.1) is 6.54 Å². The van der Waals surface area contributed by atoms with Crippen LogP contribution in [0.4, 0.5) is 0 Å². The zero-order chi connectivity index (χ0) is 4.41. The number of hydrogen-bond donors (Lipinski definition) is 1. The van der Waals surface area contributed by atoms with E-state index in [4.69, 9.17) is 5.73 Å². The Balaban J connectivity index is 2.38.